The predicted molar refractivity (Wildman–Crippen MR) is 68.9 cm³/mol. The molecule has 2 unspecified atom stereocenters. The Morgan fingerprint density at radius 1 is 1.36 bits per heavy atom. The van der Waals surface area contributed by atoms with E-state index in [4.69, 9.17) is 4.74 Å². The first-order valence-electron chi connectivity index (χ1n) is 4.27. The Morgan fingerprint density at radius 3 is 2.21 bits per heavy atom. The van der Waals surface area contributed by atoms with Crippen LogP contribution in [0.2, 0.25) is 0 Å². The van der Waals surface area contributed by atoms with Crippen molar-refractivity contribution in [2.24, 2.45) is 4.99 Å². The molecule has 14 heavy (non-hydrogen) atoms. The molecule has 0 aliphatic heterocycles. The highest BCUT2D eigenvalue weighted by atomic mass is 31.2. The van der Waals surface area contributed by atoms with Gasteiger partial charge in [0.1, 0.15) is 19.9 Å². The molecule has 78 valence electrons. The summed E-state index contributed by atoms with van der Waals surface area (Å²) < 4.78 is 4.78. The van der Waals surface area contributed by atoms with Crippen LogP contribution in [0.15, 0.2) is 4.99 Å². The van der Waals surface area contributed by atoms with Gasteiger partial charge >= 0.3 is 11.2 Å². The maximum absolute atomic E-state index is 11.0. The second-order valence-electron chi connectivity index (χ2n) is 2.82. The zero-order valence-corrected chi connectivity index (χ0v) is 10.8. The van der Waals surface area contributed by atoms with Gasteiger partial charge in [0.05, 0.1) is 19.2 Å². The maximum Gasteiger partial charge on any atom is 0.400 e. The fourth-order valence-electron chi connectivity index (χ4n) is 0.875. The predicted octanol–water partition coefficient (Wildman–Crippen LogP) is 1.99. The molecule has 0 N–H and O–H groups in total. The normalized spacial score (nSPS) is 11.6. The highest BCUT2D eigenvalue weighted by molar-refractivity contribution is 7.98. The molecule has 0 rings (SSSR count). The lowest BCUT2D eigenvalue weighted by molar-refractivity contribution is -0.141. The Morgan fingerprint density at radius 2 is 1.86 bits per heavy atom. The molecule has 0 saturated carbocycles. The number of hydrogen-bond acceptors (Lipinski definition) is 3. The van der Waals surface area contributed by atoms with Gasteiger partial charge in [0.2, 0.25) is 0 Å². The van der Waals surface area contributed by atoms with Crippen LogP contribution in [0, 0.1) is 0 Å². The van der Waals surface area contributed by atoms with E-state index in [-0.39, 0.29) is 12.5 Å². The van der Waals surface area contributed by atoms with Gasteiger partial charge in [0.25, 0.3) is 0 Å². The van der Waals surface area contributed by atoms with Crippen LogP contribution in [0.5, 0.6) is 0 Å². The lowest BCUT2D eigenvalue weighted by Gasteiger charge is -1.95. The van der Waals surface area contributed by atoms with Gasteiger partial charge in [-0.2, -0.15) is 4.99 Å². The summed E-state index contributed by atoms with van der Waals surface area (Å²) in [7, 11) is -0.969. The van der Waals surface area contributed by atoms with Crippen LogP contribution in [-0.2, 0) is 9.53 Å². The molecule has 2 atom stereocenters. The minimum Gasteiger partial charge on any atom is -0.465 e. The monoisotopic (exact) mass is 233 g/mol. The fourth-order valence-corrected chi connectivity index (χ4v) is 3.83. The minimum atomic E-state index is -0.485. The molecule has 0 aliphatic carbocycles. The largest absolute Gasteiger partial charge is 0.465 e. The molecule has 0 aromatic rings. The third kappa shape index (κ3) is 5.26. The van der Waals surface area contributed by atoms with Gasteiger partial charge in [-0.3, -0.25) is 4.79 Å². The zero-order valence-electron chi connectivity index (χ0n) is 8.99. The van der Waals surface area contributed by atoms with Crippen LogP contribution >= 0.6 is 15.1 Å². The number of ether oxygens (including phenoxy) is 1. The highest BCUT2D eigenvalue weighted by Crippen LogP contribution is 2.33. The standard InChI is InChI=1S/C9H17NO2P2/c1-6-12-8(11)7-10-9(13(2)3)14(4)5/h2,4,6-7H2,1,3,5H3/q+2. The average Bonchev–Trinajstić information content (AvgIpc) is 2.03. The minimum absolute atomic E-state index is 0.105. The summed E-state index contributed by atoms with van der Waals surface area (Å²) in [5, 5.41) is 0.989. The van der Waals surface area contributed by atoms with Crippen LogP contribution in [0.3, 0.4) is 0 Å². The van der Waals surface area contributed by atoms with Crippen molar-refractivity contribution in [2.45, 2.75) is 6.92 Å². The van der Waals surface area contributed by atoms with Gasteiger partial charge in [-0.25, -0.2) is 0 Å². The van der Waals surface area contributed by atoms with E-state index < -0.39 is 15.1 Å². The fraction of sp³-hybridized carbons (Fsp3) is 0.556. The van der Waals surface area contributed by atoms with Gasteiger partial charge in [0, 0.05) is 0 Å². The first kappa shape index (κ1) is 13.5. The number of rotatable bonds is 5. The molecule has 3 nitrogen and oxygen atoms in total. The van der Waals surface area contributed by atoms with E-state index in [9.17, 15) is 4.79 Å². The second-order valence-corrected chi connectivity index (χ2v) is 6.81. The van der Waals surface area contributed by atoms with Crippen LogP contribution in [0.25, 0.3) is 0 Å². The summed E-state index contributed by atoms with van der Waals surface area (Å²) in [5.41, 5.74) is 0. The molecule has 0 spiro atoms. The van der Waals surface area contributed by atoms with Crippen molar-refractivity contribution in [3.8, 4) is 0 Å². The summed E-state index contributed by atoms with van der Waals surface area (Å²) in [6.45, 7) is 6.32. The maximum atomic E-state index is 11.0. The van der Waals surface area contributed by atoms with Crippen molar-refractivity contribution >= 4 is 38.9 Å². The van der Waals surface area contributed by atoms with Crippen molar-refractivity contribution in [3.05, 3.63) is 0 Å². The molecule has 0 saturated heterocycles. The van der Waals surface area contributed by atoms with E-state index in [1.807, 2.05) is 13.3 Å². The number of hydrogen-bond donors (Lipinski definition) is 0. The van der Waals surface area contributed by atoms with Crippen LogP contribution < -0.4 is 0 Å². The third-order valence-electron chi connectivity index (χ3n) is 1.34. The smallest absolute Gasteiger partial charge is 0.400 e. The SMILES string of the molecule is C=[P+](C)C(=NCC(=O)OCC)[P+](=C)C. The van der Waals surface area contributed by atoms with Gasteiger partial charge in [0.15, 0.2) is 15.1 Å². The summed E-state index contributed by atoms with van der Waals surface area (Å²) in [6.07, 6.45) is 7.88. The van der Waals surface area contributed by atoms with Crippen molar-refractivity contribution in [1.82, 2.24) is 0 Å². The summed E-state index contributed by atoms with van der Waals surface area (Å²) in [4.78, 5) is 15.3. The zero-order chi connectivity index (χ0) is 11.1. The third-order valence-corrected chi connectivity index (χ3v) is 5.03. The van der Waals surface area contributed by atoms with Crippen LogP contribution in [0.4, 0.5) is 0 Å². The summed E-state index contributed by atoms with van der Waals surface area (Å²) >= 11 is 0. The average molecular weight is 233 g/mol. The second kappa shape index (κ2) is 6.86. The van der Waals surface area contributed by atoms with Crippen molar-refractivity contribution in [1.29, 1.82) is 0 Å². The van der Waals surface area contributed by atoms with Crippen LogP contribution in [-0.4, -0.2) is 50.2 Å². The van der Waals surface area contributed by atoms with Gasteiger partial charge in [-0.15, -0.1) is 0 Å². The number of aliphatic imine (C=N–C) groups is 1. The first-order valence-corrected chi connectivity index (χ1v) is 8.22. The highest BCUT2D eigenvalue weighted by Gasteiger charge is 2.23. The molecule has 0 aromatic carbocycles. The van der Waals surface area contributed by atoms with E-state index in [0.717, 1.165) is 5.19 Å². The van der Waals surface area contributed by atoms with Gasteiger partial charge in [-0.05, 0) is 6.92 Å². The first-order chi connectivity index (χ1) is 6.49. The quantitative estimate of drug-likeness (QED) is 0.414. The Bertz CT molecular complexity index is 269. The molecule has 0 aromatic heterocycles. The molecule has 0 fully saturated rings. The van der Waals surface area contributed by atoms with E-state index in [2.05, 4.69) is 17.6 Å². The van der Waals surface area contributed by atoms with Crippen LogP contribution in [0.1, 0.15) is 6.92 Å². The Balaban J connectivity index is 4.38. The Hall–Kier alpha value is -0.520. The Kier molecular flexibility index (Phi) is 6.61. The summed E-state index contributed by atoms with van der Waals surface area (Å²) in [6, 6.07) is 0. The van der Waals surface area contributed by atoms with Gasteiger partial charge in [-0.1, -0.05) is 0 Å². The molecule has 5 heteroatoms. The van der Waals surface area contributed by atoms with Crippen molar-refractivity contribution in [3.63, 3.8) is 0 Å². The van der Waals surface area contributed by atoms with E-state index in [0.29, 0.717) is 6.61 Å². The molecule has 0 heterocycles. The van der Waals surface area contributed by atoms with E-state index >= 15 is 0 Å². The Labute approximate surface area is 87.3 Å². The van der Waals surface area contributed by atoms with Crippen molar-refractivity contribution in [2.75, 3.05) is 26.5 Å². The molecular weight excluding hydrogens is 216 g/mol. The number of carbonyl (C=O) groups excluding carboxylic acids is 1. The number of carbonyl (C=O) groups is 1. The molecule has 0 amide bonds. The molecule has 0 radical (unpaired) electrons. The molecular formula is C9H17NO2P2+2. The number of nitrogens with zero attached hydrogens (tertiary/aromatic N) is 1. The lowest BCUT2D eigenvalue weighted by Crippen LogP contribution is -2.08. The topological polar surface area (TPSA) is 38.7 Å². The van der Waals surface area contributed by atoms with Crippen molar-refractivity contribution < 1.29 is 9.53 Å². The molecule has 0 bridgehead atoms. The summed E-state index contributed by atoms with van der Waals surface area (Å²) in [5.74, 6) is -0.279. The molecule has 0 aliphatic rings. The van der Waals surface area contributed by atoms with E-state index in [1.54, 1.807) is 6.92 Å². The van der Waals surface area contributed by atoms with Gasteiger partial charge < -0.3 is 4.74 Å². The number of esters is 1. The lowest BCUT2D eigenvalue weighted by atomic mass is 10.7. The van der Waals surface area contributed by atoms with E-state index in [1.165, 1.54) is 0 Å².